The number of nitrogens with zero attached hydrogens (tertiary/aromatic N) is 3. The van der Waals surface area contributed by atoms with Gasteiger partial charge >= 0.3 is 0 Å². The van der Waals surface area contributed by atoms with E-state index in [9.17, 15) is 14.9 Å². The summed E-state index contributed by atoms with van der Waals surface area (Å²) in [4.78, 5) is 22.5. The molecule has 10 heteroatoms. The van der Waals surface area contributed by atoms with Crippen molar-refractivity contribution in [2.45, 2.75) is 6.61 Å². The third-order valence-electron chi connectivity index (χ3n) is 4.81. The highest BCUT2D eigenvalue weighted by atomic mass is 35.5. The van der Waals surface area contributed by atoms with E-state index in [0.29, 0.717) is 28.6 Å². The first-order valence-corrected chi connectivity index (χ1v) is 10.5. The zero-order valence-electron chi connectivity index (χ0n) is 17.6. The van der Waals surface area contributed by atoms with Crippen LogP contribution in [0.25, 0.3) is 11.3 Å². The Labute approximate surface area is 199 Å². The molecule has 4 aromatic rings. The molecule has 1 heterocycles. The van der Waals surface area contributed by atoms with Gasteiger partial charge < -0.3 is 4.74 Å². The minimum Gasteiger partial charge on any atom is -0.489 e. The van der Waals surface area contributed by atoms with Gasteiger partial charge in [-0.15, -0.1) is 0 Å². The Bertz CT molecular complexity index is 1330. The standard InChI is InChI=1S/C24H18ClN5O4/c25-21-4-2-1-3-18(21)15-34-20-11-7-17(8-12-20)22-13-23(28-27-22)24(31)29-26-14-16-5-9-19(10-6-16)30(32)33/h1-14H,15H2,(H,27,28)(H,29,31)/b26-14-. The molecule has 0 saturated carbocycles. The molecular weight excluding hydrogens is 458 g/mol. The van der Waals surface area contributed by atoms with Crippen molar-refractivity contribution in [3.8, 4) is 17.0 Å². The topological polar surface area (TPSA) is 123 Å². The van der Waals surface area contributed by atoms with Crippen molar-refractivity contribution in [1.29, 1.82) is 0 Å². The van der Waals surface area contributed by atoms with Gasteiger partial charge in [-0.2, -0.15) is 10.2 Å². The van der Waals surface area contributed by atoms with Crippen LogP contribution >= 0.6 is 11.6 Å². The maximum absolute atomic E-state index is 12.3. The lowest BCUT2D eigenvalue weighted by Crippen LogP contribution is -2.17. The van der Waals surface area contributed by atoms with Gasteiger partial charge in [-0.25, -0.2) is 5.43 Å². The minimum atomic E-state index is -0.486. The van der Waals surface area contributed by atoms with Crippen LogP contribution in [-0.4, -0.2) is 27.2 Å². The van der Waals surface area contributed by atoms with Crippen molar-refractivity contribution in [1.82, 2.24) is 15.6 Å². The number of H-pyrrole nitrogens is 1. The number of rotatable bonds is 8. The molecule has 0 atom stereocenters. The monoisotopic (exact) mass is 475 g/mol. The summed E-state index contributed by atoms with van der Waals surface area (Å²) in [5.41, 5.74) is 5.49. The average molecular weight is 476 g/mol. The average Bonchev–Trinajstić information content (AvgIpc) is 3.35. The lowest BCUT2D eigenvalue weighted by molar-refractivity contribution is -0.384. The number of hydrogen-bond acceptors (Lipinski definition) is 6. The maximum Gasteiger partial charge on any atom is 0.289 e. The van der Waals surface area contributed by atoms with Crippen LogP contribution in [0.5, 0.6) is 5.75 Å². The number of benzene rings is 3. The summed E-state index contributed by atoms with van der Waals surface area (Å²) in [7, 11) is 0. The molecule has 1 amide bonds. The Hall–Kier alpha value is -4.50. The van der Waals surface area contributed by atoms with E-state index in [-0.39, 0.29) is 11.4 Å². The Balaban J connectivity index is 1.33. The first kappa shape index (κ1) is 22.7. The Morgan fingerprint density at radius 2 is 1.85 bits per heavy atom. The molecule has 0 aliphatic rings. The van der Waals surface area contributed by atoms with Crippen molar-refractivity contribution in [3.63, 3.8) is 0 Å². The fraction of sp³-hybridized carbons (Fsp3) is 0.0417. The molecule has 0 unspecified atom stereocenters. The molecule has 4 rings (SSSR count). The first-order valence-electron chi connectivity index (χ1n) is 10.1. The molecule has 3 aromatic carbocycles. The molecule has 0 spiro atoms. The summed E-state index contributed by atoms with van der Waals surface area (Å²) in [6.07, 6.45) is 1.39. The third-order valence-corrected chi connectivity index (χ3v) is 5.18. The number of non-ortho nitro benzene ring substituents is 1. The van der Waals surface area contributed by atoms with Gasteiger partial charge in [-0.1, -0.05) is 29.8 Å². The molecule has 2 N–H and O–H groups in total. The lowest BCUT2D eigenvalue weighted by atomic mass is 10.1. The summed E-state index contributed by atoms with van der Waals surface area (Å²) in [6.45, 7) is 0.353. The maximum atomic E-state index is 12.3. The molecule has 0 saturated heterocycles. The highest BCUT2D eigenvalue weighted by molar-refractivity contribution is 6.31. The second-order valence-electron chi connectivity index (χ2n) is 7.12. The quantitative estimate of drug-likeness (QED) is 0.211. The van der Waals surface area contributed by atoms with Gasteiger partial charge in [0.15, 0.2) is 0 Å². The largest absolute Gasteiger partial charge is 0.489 e. The van der Waals surface area contributed by atoms with E-state index >= 15 is 0 Å². The van der Waals surface area contributed by atoms with E-state index < -0.39 is 10.8 Å². The number of ether oxygens (including phenoxy) is 1. The SMILES string of the molecule is O=C(N/N=C\c1ccc([N+](=O)[O-])cc1)c1cc(-c2ccc(OCc3ccccc3Cl)cc2)n[nH]1. The molecular formula is C24H18ClN5O4. The number of halogens is 1. The normalized spacial score (nSPS) is 10.9. The van der Waals surface area contributed by atoms with Crippen molar-refractivity contribution in [2.75, 3.05) is 0 Å². The van der Waals surface area contributed by atoms with E-state index in [2.05, 4.69) is 20.7 Å². The number of amides is 1. The Morgan fingerprint density at radius 1 is 1.12 bits per heavy atom. The number of nitro benzene ring substituents is 1. The van der Waals surface area contributed by atoms with Crippen molar-refractivity contribution in [3.05, 3.63) is 111 Å². The van der Waals surface area contributed by atoms with E-state index in [1.54, 1.807) is 6.07 Å². The molecule has 170 valence electrons. The molecule has 0 aliphatic heterocycles. The molecule has 9 nitrogen and oxygen atoms in total. The zero-order chi connectivity index (χ0) is 23.9. The molecule has 0 radical (unpaired) electrons. The van der Waals surface area contributed by atoms with Crippen LogP contribution in [0.15, 0.2) is 84.0 Å². The second-order valence-corrected chi connectivity index (χ2v) is 7.53. The third kappa shape index (κ3) is 5.64. The molecule has 1 aromatic heterocycles. The number of nitrogens with one attached hydrogen (secondary N) is 2. The van der Waals surface area contributed by atoms with E-state index in [4.69, 9.17) is 16.3 Å². The number of carbonyl (C=O) groups is 1. The van der Waals surface area contributed by atoms with Gasteiger partial charge in [0.25, 0.3) is 11.6 Å². The zero-order valence-corrected chi connectivity index (χ0v) is 18.4. The summed E-state index contributed by atoms with van der Waals surface area (Å²) in [5.74, 6) is 0.203. The minimum absolute atomic E-state index is 0.0219. The molecule has 34 heavy (non-hydrogen) atoms. The van der Waals surface area contributed by atoms with E-state index in [0.717, 1.165) is 11.1 Å². The van der Waals surface area contributed by atoms with Crippen LogP contribution in [0.1, 0.15) is 21.6 Å². The Morgan fingerprint density at radius 3 is 2.56 bits per heavy atom. The molecule has 0 bridgehead atoms. The number of hydrogen-bond donors (Lipinski definition) is 2. The predicted molar refractivity (Wildman–Crippen MR) is 128 cm³/mol. The fourth-order valence-electron chi connectivity index (χ4n) is 2.99. The number of nitro groups is 1. The van der Waals surface area contributed by atoms with Crippen molar-refractivity contribution >= 4 is 29.4 Å². The molecule has 0 fully saturated rings. The van der Waals surface area contributed by atoms with Gasteiger partial charge in [0.2, 0.25) is 0 Å². The van der Waals surface area contributed by atoms with E-state index in [1.807, 2.05) is 48.5 Å². The van der Waals surface area contributed by atoms with Gasteiger partial charge in [0, 0.05) is 28.3 Å². The van der Waals surface area contributed by atoms with Crippen LogP contribution in [0.3, 0.4) is 0 Å². The second kappa shape index (κ2) is 10.4. The summed E-state index contributed by atoms with van der Waals surface area (Å²) < 4.78 is 5.78. The number of aromatic nitrogens is 2. The van der Waals surface area contributed by atoms with Crippen molar-refractivity contribution < 1.29 is 14.5 Å². The molecule has 0 aliphatic carbocycles. The number of hydrazone groups is 1. The van der Waals surface area contributed by atoms with Crippen LogP contribution in [0.2, 0.25) is 5.02 Å². The van der Waals surface area contributed by atoms with Gasteiger partial charge in [0.05, 0.1) is 16.8 Å². The lowest BCUT2D eigenvalue weighted by Gasteiger charge is -2.08. The van der Waals surface area contributed by atoms with Gasteiger partial charge in [0.1, 0.15) is 18.1 Å². The summed E-state index contributed by atoms with van der Waals surface area (Å²) in [5, 5.41) is 22.1. The van der Waals surface area contributed by atoms with Crippen LogP contribution in [0, 0.1) is 10.1 Å². The first-order chi connectivity index (χ1) is 16.5. The summed E-state index contributed by atoms with van der Waals surface area (Å²) >= 11 is 6.15. The number of carbonyl (C=O) groups excluding carboxylic acids is 1. The van der Waals surface area contributed by atoms with Gasteiger partial charge in [-0.05, 0) is 54.1 Å². The van der Waals surface area contributed by atoms with Gasteiger partial charge in [-0.3, -0.25) is 20.0 Å². The van der Waals surface area contributed by atoms with E-state index in [1.165, 1.54) is 30.5 Å². The van der Waals surface area contributed by atoms with Crippen LogP contribution in [0.4, 0.5) is 5.69 Å². The highest BCUT2D eigenvalue weighted by Gasteiger charge is 2.11. The summed E-state index contributed by atoms with van der Waals surface area (Å²) in [6, 6.07) is 22.2. The van der Waals surface area contributed by atoms with Crippen LogP contribution in [-0.2, 0) is 6.61 Å². The van der Waals surface area contributed by atoms with Crippen LogP contribution < -0.4 is 10.2 Å². The van der Waals surface area contributed by atoms with Crippen molar-refractivity contribution in [2.24, 2.45) is 5.10 Å². The fourth-order valence-corrected chi connectivity index (χ4v) is 3.18. The number of aromatic amines is 1. The Kier molecular flexibility index (Phi) is 6.95. The smallest absolute Gasteiger partial charge is 0.289 e. The highest BCUT2D eigenvalue weighted by Crippen LogP contribution is 2.23. The predicted octanol–water partition coefficient (Wildman–Crippen LogP) is 4.98.